The van der Waals surface area contributed by atoms with Crippen LogP contribution in [-0.4, -0.2) is 30.1 Å². The Balaban J connectivity index is 2.60. The van der Waals surface area contributed by atoms with Crippen LogP contribution in [0.4, 0.5) is 4.79 Å². The number of urea groups is 1. The number of carbonyl (C=O) groups is 1. The molecule has 4 heteroatoms. The second-order valence-electron chi connectivity index (χ2n) is 6.09. The van der Waals surface area contributed by atoms with Crippen molar-refractivity contribution in [1.82, 2.24) is 15.5 Å². The van der Waals surface area contributed by atoms with Crippen molar-refractivity contribution in [2.24, 2.45) is 5.92 Å². The van der Waals surface area contributed by atoms with E-state index in [2.05, 4.69) is 61.4 Å². The largest absolute Gasteiger partial charge is 0.335 e. The zero-order valence-corrected chi connectivity index (χ0v) is 14.6. The van der Waals surface area contributed by atoms with Crippen molar-refractivity contribution < 1.29 is 4.79 Å². The van der Waals surface area contributed by atoms with Crippen molar-refractivity contribution in [3.8, 4) is 0 Å². The lowest BCUT2D eigenvalue weighted by atomic mass is 10.1. The second kappa shape index (κ2) is 9.46. The highest BCUT2D eigenvalue weighted by Crippen LogP contribution is 2.11. The van der Waals surface area contributed by atoms with Crippen molar-refractivity contribution in [3.05, 3.63) is 35.4 Å². The van der Waals surface area contributed by atoms with Gasteiger partial charge in [-0.15, -0.1) is 0 Å². The van der Waals surface area contributed by atoms with Crippen LogP contribution in [-0.2, 0) is 13.1 Å². The van der Waals surface area contributed by atoms with Crippen LogP contribution in [0.5, 0.6) is 0 Å². The molecule has 0 aromatic heterocycles. The lowest BCUT2D eigenvalue weighted by Crippen LogP contribution is -2.42. The standard InChI is InChI=1S/C18H31N3O/c1-6-21(7-2)13-17-11-9-8-10-16(17)12-19-18(22)20-15(5)14(3)4/h8-11,14-15H,6-7,12-13H2,1-5H3,(H2,19,20,22). The van der Waals surface area contributed by atoms with Crippen LogP contribution in [0.2, 0.25) is 0 Å². The average Bonchev–Trinajstić information content (AvgIpc) is 2.51. The fraction of sp³-hybridized carbons (Fsp3) is 0.611. The van der Waals surface area contributed by atoms with E-state index in [0.29, 0.717) is 12.5 Å². The summed E-state index contributed by atoms with van der Waals surface area (Å²) in [5.74, 6) is 0.431. The second-order valence-corrected chi connectivity index (χ2v) is 6.09. The van der Waals surface area contributed by atoms with E-state index in [-0.39, 0.29) is 12.1 Å². The first-order chi connectivity index (χ1) is 10.5. The van der Waals surface area contributed by atoms with Crippen LogP contribution < -0.4 is 10.6 Å². The predicted molar refractivity (Wildman–Crippen MR) is 92.7 cm³/mol. The minimum Gasteiger partial charge on any atom is -0.335 e. The Kier molecular flexibility index (Phi) is 7.96. The molecule has 1 unspecified atom stereocenters. The van der Waals surface area contributed by atoms with E-state index in [1.165, 1.54) is 11.1 Å². The lowest BCUT2D eigenvalue weighted by molar-refractivity contribution is 0.234. The van der Waals surface area contributed by atoms with Gasteiger partial charge in [-0.1, -0.05) is 52.0 Å². The van der Waals surface area contributed by atoms with Crippen molar-refractivity contribution in [2.75, 3.05) is 13.1 Å². The summed E-state index contributed by atoms with van der Waals surface area (Å²) in [5.41, 5.74) is 2.46. The van der Waals surface area contributed by atoms with Gasteiger partial charge in [0.15, 0.2) is 0 Å². The third-order valence-corrected chi connectivity index (χ3v) is 4.20. The van der Waals surface area contributed by atoms with E-state index >= 15 is 0 Å². The van der Waals surface area contributed by atoms with Gasteiger partial charge in [0.2, 0.25) is 0 Å². The van der Waals surface area contributed by atoms with Crippen molar-refractivity contribution in [1.29, 1.82) is 0 Å². The molecule has 0 aliphatic carbocycles. The molecule has 0 heterocycles. The van der Waals surface area contributed by atoms with E-state index in [4.69, 9.17) is 0 Å². The summed E-state index contributed by atoms with van der Waals surface area (Å²) in [6, 6.07) is 8.39. The molecule has 0 saturated carbocycles. The summed E-state index contributed by atoms with van der Waals surface area (Å²) in [7, 11) is 0. The van der Waals surface area contributed by atoms with Crippen LogP contribution in [0.25, 0.3) is 0 Å². The zero-order valence-electron chi connectivity index (χ0n) is 14.6. The van der Waals surface area contributed by atoms with E-state index in [1.54, 1.807) is 0 Å². The average molecular weight is 305 g/mol. The van der Waals surface area contributed by atoms with Crippen molar-refractivity contribution >= 4 is 6.03 Å². The van der Waals surface area contributed by atoms with Gasteiger partial charge in [-0.25, -0.2) is 4.79 Å². The SMILES string of the molecule is CCN(CC)Cc1ccccc1CNC(=O)NC(C)C(C)C. The Hall–Kier alpha value is -1.55. The van der Waals surface area contributed by atoms with E-state index in [9.17, 15) is 4.79 Å². The van der Waals surface area contributed by atoms with E-state index < -0.39 is 0 Å². The van der Waals surface area contributed by atoms with Crippen LogP contribution >= 0.6 is 0 Å². The van der Waals surface area contributed by atoms with Gasteiger partial charge >= 0.3 is 6.03 Å². The third kappa shape index (κ3) is 6.06. The number of rotatable bonds is 8. The molecule has 22 heavy (non-hydrogen) atoms. The fourth-order valence-corrected chi connectivity index (χ4v) is 2.17. The fourth-order valence-electron chi connectivity index (χ4n) is 2.17. The van der Waals surface area contributed by atoms with Gasteiger partial charge in [0, 0.05) is 19.1 Å². The number of nitrogens with one attached hydrogen (secondary N) is 2. The Morgan fingerprint density at radius 3 is 2.23 bits per heavy atom. The summed E-state index contributed by atoms with van der Waals surface area (Å²) in [6.07, 6.45) is 0. The first-order valence-electron chi connectivity index (χ1n) is 8.31. The van der Waals surface area contributed by atoms with Gasteiger partial charge in [-0.2, -0.15) is 0 Å². The topological polar surface area (TPSA) is 44.4 Å². The molecule has 1 atom stereocenters. The smallest absolute Gasteiger partial charge is 0.315 e. The Labute approximate surface area is 135 Å². The summed E-state index contributed by atoms with van der Waals surface area (Å²) < 4.78 is 0. The molecule has 0 bridgehead atoms. The maximum Gasteiger partial charge on any atom is 0.315 e. The van der Waals surface area contributed by atoms with Gasteiger partial charge in [-0.05, 0) is 37.1 Å². The molecule has 2 N–H and O–H groups in total. The monoisotopic (exact) mass is 305 g/mol. The number of hydrogen-bond acceptors (Lipinski definition) is 2. The molecule has 1 aromatic rings. The summed E-state index contributed by atoms with van der Waals surface area (Å²) in [5, 5.41) is 5.94. The molecule has 1 rings (SSSR count). The Bertz CT molecular complexity index is 455. The van der Waals surface area contributed by atoms with E-state index in [1.807, 2.05) is 13.0 Å². The molecule has 0 saturated heterocycles. The van der Waals surface area contributed by atoms with Gasteiger partial charge in [0.05, 0.1) is 0 Å². The molecule has 0 fully saturated rings. The first-order valence-corrected chi connectivity index (χ1v) is 8.31. The predicted octanol–water partition coefficient (Wildman–Crippen LogP) is 3.37. The van der Waals surface area contributed by atoms with Gasteiger partial charge in [0.25, 0.3) is 0 Å². The molecule has 0 aliphatic heterocycles. The molecular formula is C18H31N3O. The quantitative estimate of drug-likeness (QED) is 0.773. The molecule has 124 valence electrons. The Morgan fingerprint density at radius 2 is 1.68 bits per heavy atom. The van der Waals surface area contributed by atoms with Crippen molar-refractivity contribution in [2.45, 2.75) is 53.8 Å². The van der Waals surface area contributed by atoms with Crippen LogP contribution in [0, 0.1) is 5.92 Å². The number of carbonyl (C=O) groups excluding carboxylic acids is 1. The number of nitrogens with zero attached hydrogens (tertiary/aromatic N) is 1. The highest BCUT2D eigenvalue weighted by molar-refractivity contribution is 5.74. The number of hydrogen-bond donors (Lipinski definition) is 2. The lowest BCUT2D eigenvalue weighted by Gasteiger charge is -2.21. The normalized spacial score (nSPS) is 12.5. The summed E-state index contributed by atoms with van der Waals surface area (Å²) in [4.78, 5) is 14.3. The molecule has 0 radical (unpaired) electrons. The molecule has 2 amide bonds. The van der Waals surface area contributed by atoms with Gasteiger partial charge < -0.3 is 10.6 Å². The maximum atomic E-state index is 11.9. The molecule has 0 spiro atoms. The molecule has 1 aromatic carbocycles. The number of benzene rings is 1. The van der Waals surface area contributed by atoms with Crippen LogP contribution in [0.1, 0.15) is 45.7 Å². The Morgan fingerprint density at radius 1 is 1.09 bits per heavy atom. The number of amides is 2. The van der Waals surface area contributed by atoms with Gasteiger partial charge in [-0.3, -0.25) is 4.90 Å². The zero-order chi connectivity index (χ0) is 16.5. The molecular weight excluding hydrogens is 274 g/mol. The third-order valence-electron chi connectivity index (χ3n) is 4.20. The summed E-state index contributed by atoms with van der Waals surface area (Å²) in [6.45, 7) is 14.1. The minimum absolute atomic E-state index is 0.0983. The summed E-state index contributed by atoms with van der Waals surface area (Å²) >= 11 is 0. The highest BCUT2D eigenvalue weighted by atomic mass is 16.2. The minimum atomic E-state index is -0.0983. The van der Waals surface area contributed by atoms with Crippen LogP contribution in [0.15, 0.2) is 24.3 Å². The maximum absolute atomic E-state index is 11.9. The first kappa shape index (κ1) is 18.5. The highest BCUT2D eigenvalue weighted by Gasteiger charge is 2.11. The van der Waals surface area contributed by atoms with E-state index in [0.717, 1.165) is 19.6 Å². The molecule has 4 nitrogen and oxygen atoms in total. The van der Waals surface area contributed by atoms with Gasteiger partial charge in [0.1, 0.15) is 0 Å². The van der Waals surface area contributed by atoms with Crippen molar-refractivity contribution in [3.63, 3.8) is 0 Å². The molecule has 0 aliphatic rings. The van der Waals surface area contributed by atoms with Crippen LogP contribution in [0.3, 0.4) is 0 Å².